The van der Waals surface area contributed by atoms with Gasteiger partial charge in [-0.1, -0.05) is 72.8 Å². The van der Waals surface area contributed by atoms with Crippen LogP contribution < -0.4 is 10.3 Å². The molecule has 6 heteroatoms. The van der Waals surface area contributed by atoms with Crippen molar-refractivity contribution in [1.29, 1.82) is 0 Å². The van der Waals surface area contributed by atoms with Crippen molar-refractivity contribution in [2.45, 2.75) is 39.4 Å². The number of aryl methyl sites for hydroxylation is 3. The first-order valence-electron chi connectivity index (χ1n) is 13.7. The number of para-hydroxylation sites is 1. The molecular weight excluding hydrogens is 512 g/mol. The number of rotatable bonds is 4. The summed E-state index contributed by atoms with van der Waals surface area (Å²) in [6.07, 6.45) is 0. The summed E-state index contributed by atoms with van der Waals surface area (Å²) in [6, 6.07) is 28.5. The van der Waals surface area contributed by atoms with Crippen LogP contribution in [-0.4, -0.2) is 16.7 Å². The molecule has 0 bridgehead atoms. The molecule has 2 aliphatic rings. The van der Waals surface area contributed by atoms with Crippen molar-refractivity contribution < 1.29 is 14.0 Å². The highest BCUT2D eigenvalue weighted by atomic mass is 16.3. The third-order valence-electron chi connectivity index (χ3n) is 8.63. The predicted molar refractivity (Wildman–Crippen MR) is 158 cm³/mol. The zero-order valence-electron chi connectivity index (χ0n) is 23.1. The van der Waals surface area contributed by atoms with Crippen LogP contribution in [0, 0.1) is 20.8 Å². The fourth-order valence-electron chi connectivity index (χ4n) is 6.35. The molecule has 41 heavy (non-hydrogen) atoms. The molecule has 202 valence electrons. The van der Waals surface area contributed by atoms with Gasteiger partial charge in [0.1, 0.15) is 5.58 Å². The highest BCUT2D eigenvalue weighted by Gasteiger charge is 2.65. The Morgan fingerprint density at radius 2 is 1.41 bits per heavy atom. The zero-order valence-corrected chi connectivity index (χ0v) is 23.1. The highest BCUT2D eigenvalue weighted by Crippen LogP contribution is 2.53. The average Bonchev–Trinajstić information content (AvgIpc) is 3.36. The average molecular weight is 541 g/mol. The third kappa shape index (κ3) is 3.46. The lowest BCUT2D eigenvalue weighted by molar-refractivity contribution is -0.126. The number of hydrogen-bond acceptors (Lipinski definition) is 4. The zero-order chi connectivity index (χ0) is 28.5. The number of hydrogen-bond donors (Lipinski definition) is 0. The lowest BCUT2D eigenvalue weighted by Gasteiger charge is -2.34. The van der Waals surface area contributed by atoms with Gasteiger partial charge in [-0.15, -0.1) is 0 Å². The Labute approximate surface area is 237 Å². The van der Waals surface area contributed by atoms with Gasteiger partial charge in [0.2, 0.25) is 5.76 Å². The molecule has 1 atom stereocenters. The molecule has 1 unspecified atom stereocenters. The molecule has 0 saturated carbocycles. The van der Waals surface area contributed by atoms with E-state index in [1.807, 2.05) is 99.6 Å². The van der Waals surface area contributed by atoms with E-state index in [0.717, 1.165) is 27.8 Å². The molecule has 0 radical (unpaired) electrons. The standard InChI is InChI=1S/C35H28N2O4/c1-21-11-7-8-14-25(21)20-36-28-16-10-9-15-27(28)35(34(36)40)30-31(38)26-17-22(2)23(3)18-29(26)41-32(30)33(39)37(35)19-24-12-5-4-6-13-24/h4-18H,19-20H2,1-3H3. The van der Waals surface area contributed by atoms with Gasteiger partial charge in [-0.05, 0) is 66.8 Å². The lowest BCUT2D eigenvalue weighted by Crippen LogP contribution is -2.53. The van der Waals surface area contributed by atoms with Crippen LogP contribution >= 0.6 is 0 Å². The molecule has 2 amide bonds. The van der Waals surface area contributed by atoms with Crippen molar-refractivity contribution >= 4 is 28.5 Å². The summed E-state index contributed by atoms with van der Waals surface area (Å²) >= 11 is 0. The molecule has 1 aromatic heterocycles. The van der Waals surface area contributed by atoms with Crippen LogP contribution in [0.5, 0.6) is 0 Å². The fourth-order valence-corrected chi connectivity index (χ4v) is 6.35. The van der Waals surface area contributed by atoms with Crippen LogP contribution in [0.25, 0.3) is 11.0 Å². The smallest absolute Gasteiger partial charge is 0.291 e. The second kappa shape index (κ2) is 9.03. The Balaban J connectivity index is 1.53. The second-order valence-electron chi connectivity index (χ2n) is 11.0. The first-order chi connectivity index (χ1) is 19.8. The number of fused-ring (bicyclic) bond motifs is 5. The lowest BCUT2D eigenvalue weighted by atomic mass is 9.83. The molecule has 7 rings (SSSR count). The summed E-state index contributed by atoms with van der Waals surface area (Å²) in [6.45, 7) is 6.33. The van der Waals surface area contributed by atoms with E-state index in [0.29, 0.717) is 28.8 Å². The van der Waals surface area contributed by atoms with Crippen LogP contribution in [0.15, 0.2) is 100 Å². The van der Waals surface area contributed by atoms with Crippen LogP contribution in [-0.2, 0) is 23.4 Å². The van der Waals surface area contributed by atoms with E-state index in [1.54, 1.807) is 17.0 Å². The number of carbonyl (C=O) groups excluding carboxylic acids is 2. The number of nitrogens with zero attached hydrogens (tertiary/aromatic N) is 2. The molecular formula is C35H28N2O4. The Morgan fingerprint density at radius 1 is 0.732 bits per heavy atom. The van der Waals surface area contributed by atoms with Crippen molar-refractivity contribution in [3.05, 3.63) is 146 Å². The van der Waals surface area contributed by atoms with Crippen LogP contribution in [0.1, 0.15) is 49.5 Å². The molecule has 3 heterocycles. The normalized spacial score (nSPS) is 17.5. The van der Waals surface area contributed by atoms with E-state index in [1.165, 1.54) is 4.90 Å². The second-order valence-corrected chi connectivity index (χ2v) is 11.0. The molecule has 6 nitrogen and oxygen atoms in total. The quantitative estimate of drug-likeness (QED) is 0.274. The Bertz CT molecular complexity index is 1960. The fraction of sp³-hybridized carbons (Fsp3) is 0.171. The summed E-state index contributed by atoms with van der Waals surface area (Å²) in [7, 11) is 0. The molecule has 5 aromatic rings. The van der Waals surface area contributed by atoms with Gasteiger partial charge in [0, 0.05) is 12.1 Å². The SMILES string of the molecule is Cc1cc2oc3c(c(=O)c2cc1C)C1(C(=O)N(Cc2ccccc2C)c2ccccc21)N(Cc1ccccc1)C3=O. The summed E-state index contributed by atoms with van der Waals surface area (Å²) in [5.41, 5.74) is 4.50. The van der Waals surface area contributed by atoms with Gasteiger partial charge in [-0.2, -0.15) is 0 Å². The molecule has 0 fully saturated rings. The first kappa shape index (κ1) is 25.0. The monoisotopic (exact) mass is 540 g/mol. The van der Waals surface area contributed by atoms with Gasteiger partial charge >= 0.3 is 0 Å². The van der Waals surface area contributed by atoms with Crippen molar-refractivity contribution in [1.82, 2.24) is 4.90 Å². The van der Waals surface area contributed by atoms with E-state index >= 15 is 0 Å². The summed E-state index contributed by atoms with van der Waals surface area (Å²) in [5, 5.41) is 0.364. The van der Waals surface area contributed by atoms with Gasteiger partial charge in [0.05, 0.1) is 23.2 Å². The minimum Gasteiger partial charge on any atom is -0.450 e. The Hall–Kier alpha value is -4.97. The minimum absolute atomic E-state index is 0.0671. The molecule has 0 saturated heterocycles. The van der Waals surface area contributed by atoms with E-state index in [2.05, 4.69) is 0 Å². The predicted octanol–water partition coefficient (Wildman–Crippen LogP) is 6.16. The highest BCUT2D eigenvalue weighted by molar-refractivity contribution is 6.17. The summed E-state index contributed by atoms with van der Waals surface area (Å²) in [5.74, 6) is -0.870. The molecule has 0 aliphatic carbocycles. The number of amides is 2. The number of carbonyl (C=O) groups is 2. The first-order valence-corrected chi connectivity index (χ1v) is 13.7. The van der Waals surface area contributed by atoms with Crippen molar-refractivity contribution in [2.75, 3.05) is 4.90 Å². The van der Waals surface area contributed by atoms with E-state index in [9.17, 15) is 14.4 Å². The van der Waals surface area contributed by atoms with E-state index < -0.39 is 11.4 Å². The third-order valence-corrected chi connectivity index (χ3v) is 8.63. The minimum atomic E-state index is -1.66. The van der Waals surface area contributed by atoms with E-state index in [4.69, 9.17) is 4.42 Å². The molecule has 0 N–H and O–H groups in total. The summed E-state index contributed by atoms with van der Waals surface area (Å²) in [4.78, 5) is 47.0. The maximum Gasteiger partial charge on any atom is 0.291 e. The molecule has 1 spiro atoms. The van der Waals surface area contributed by atoms with Crippen molar-refractivity contribution in [2.24, 2.45) is 0 Å². The maximum atomic E-state index is 15.0. The summed E-state index contributed by atoms with van der Waals surface area (Å²) < 4.78 is 6.26. The van der Waals surface area contributed by atoms with Crippen LogP contribution in [0.2, 0.25) is 0 Å². The topological polar surface area (TPSA) is 70.8 Å². The Kier molecular flexibility index (Phi) is 5.51. The Morgan fingerprint density at radius 3 is 2.20 bits per heavy atom. The van der Waals surface area contributed by atoms with Crippen LogP contribution in [0.3, 0.4) is 0 Å². The van der Waals surface area contributed by atoms with Gasteiger partial charge < -0.3 is 14.2 Å². The van der Waals surface area contributed by atoms with Gasteiger partial charge in [0.25, 0.3) is 11.8 Å². The largest absolute Gasteiger partial charge is 0.450 e. The van der Waals surface area contributed by atoms with Gasteiger partial charge in [0.15, 0.2) is 11.0 Å². The van der Waals surface area contributed by atoms with Crippen LogP contribution in [0.4, 0.5) is 5.69 Å². The molecule has 2 aliphatic heterocycles. The molecule has 4 aromatic carbocycles. The van der Waals surface area contributed by atoms with Crippen molar-refractivity contribution in [3.63, 3.8) is 0 Å². The maximum absolute atomic E-state index is 15.0. The number of anilines is 1. The van der Waals surface area contributed by atoms with Gasteiger partial charge in [-0.3, -0.25) is 14.4 Å². The van der Waals surface area contributed by atoms with Gasteiger partial charge in [-0.25, -0.2) is 0 Å². The number of benzene rings is 4. The van der Waals surface area contributed by atoms with E-state index in [-0.39, 0.29) is 29.2 Å². The van der Waals surface area contributed by atoms with Crippen molar-refractivity contribution in [3.8, 4) is 0 Å².